The van der Waals surface area contributed by atoms with Gasteiger partial charge in [-0.1, -0.05) is 6.07 Å². The minimum atomic E-state index is -0.594. The van der Waals surface area contributed by atoms with Crippen LogP contribution in [0.4, 0.5) is 14.5 Å². The fraction of sp³-hybridized carbons (Fsp3) is 0.250. The van der Waals surface area contributed by atoms with Crippen LogP contribution in [0, 0.1) is 18.6 Å². The maximum Gasteiger partial charge on any atom is 0.149 e. The predicted octanol–water partition coefficient (Wildman–Crippen LogP) is 3.90. The van der Waals surface area contributed by atoms with Gasteiger partial charge in [0.2, 0.25) is 0 Å². The molecule has 0 saturated heterocycles. The van der Waals surface area contributed by atoms with Crippen LogP contribution in [0.3, 0.4) is 0 Å². The Balaban J connectivity index is 2.21. The van der Waals surface area contributed by atoms with E-state index >= 15 is 0 Å². The number of benzene rings is 1. The van der Waals surface area contributed by atoms with Crippen LogP contribution in [0.5, 0.6) is 0 Å². The van der Waals surface area contributed by atoms with Gasteiger partial charge in [-0.15, -0.1) is 11.3 Å². The third kappa shape index (κ3) is 2.61. The molecule has 1 aromatic carbocycles. The van der Waals surface area contributed by atoms with Gasteiger partial charge in [-0.05, 0) is 26.0 Å². The summed E-state index contributed by atoms with van der Waals surface area (Å²) < 4.78 is 26.8. The highest BCUT2D eigenvalue weighted by atomic mass is 32.1. The SMILES string of the molecule is Cc1nc(C(C)Nc2c(F)cccc2F)cs1. The van der Waals surface area contributed by atoms with E-state index in [4.69, 9.17) is 0 Å². The Kier molecular flexibility index (Phi) is 3.38. The molecule has 0 aliphatic rings. The van der Waals surface area contributed by atoms with Gasteiger partial charge < -0.3 is 5.32 Å². The molecule has 0 bridgehead atoms. The summed E-state index contributed by atoms with van der Waals surface area (Å²) in [4.78, 5) is 4.28. The second kappa shape index (κ2) is 4.79. The van der Waals surface area contributed by atoms with Gasteiger partial charge in [-0.2, -0.15) is 0 Å². The first kappa shape index (κ1) is 12.0. The summed E-state index contributed by atoms with van der Waals surface area (Å²) in [5, 5.41) is 5.62. The first-order valence-electron chi connectivity index (χ1n) is 5.20. The van der Waals surface area contributed by atoms with Crippen molar-refractivity contribution in [3.63, 3.8) is 0 Å². The zero-order chi connectivity index (χ0) is 12.4. The van der Waals surface area contributed by atoms with E-state index in [0.29, 0.717) is 0 Å². The van der Waals surface area contributed by atoms with Crippen LogP contribution < -0.4 is 5.32 Å². The molecular weight excluding hydrogens is 242 g/mol. The molecule has 0 radical (unpaired) electrons. The smallest absolute Gasteiger partial charge is 0.149 e. The normalized spacial score (nSPS) is 12.5. The average molecular weight is 254 g/mol. The van der Waals surface area contributed by atoms with E-state index in [2.05, 4.69) is 10.3 Å². The monoisotopic (exact) mass is 254 g/mol. The van der Waals surface area contributed by atoms with E-state index in [1.807, 2.05) is 19.2 Å². The van der Waals surface area contributed by atoms with E-state index < -0.39 is 11.6 Å². The number of nitrogens with one attached hydrogen (secondary N) is 1. The Morgan fingerprint density at radius 1 is 1.29 bits per heavy atom. The number of thiazole rings is 1. The molecule has 0 saturated carbocycles. The zero-order valence-corrected chi connectivity index (χ0v) is 10.3. The topological polar surface area (TPSA) is 24.9 Å². The first-order valence-corrected chi connectivity index (χ1v) is 6.08. The molecule has 2 aromatic rings. The molecular formula is C12H12F2N2S. The summed E-state index contributed by atoms with van der Waals surface area (Å²) in [6, 6.07) is 3.56. The van der Waals surface area contributed by atoms with Crippen LogP contribution in [0.1, 0.15) is 23.7 Å². The van der Waals surface area contributed by atoms with Crippen molar-refractivity contribution in [3.8, 4) is 0 Å². The Morgan fingerprint density at radius 3 is 2.47 bits per heavy atom. The lowest BCUT2D eigenvalue weighted by Crippen LogP contribution is -2.09. The molecule has 1 atom stereocenters. The zero-order valence-electron chi connectivity index (χ0n) is 9.50. The standard InChI is InChI=1S/C12H12F2N2S/c1-7(11-6-17-8(2)16-11)15-12-9(13)4-3-5-10(12)14/h3-7,15H,1-2H3. The Morgan fingerprint density at radius 2 is 1.94 bits per heavy atom. The summed E-state index contributed by atoms with van der Waals surface area (Å²) in [6.07, 6.45) is 0. The fourth-order valence-corrected chi connectivity index (χ4v) is 2.21. The van der Waals surface area contributed by atoms with Gasteiger partial charge in [0.1, 0.15) is 17.3 Å². The lowest BCUT2D eigenvalue weighted by molar-refractivity contribution is 0.584. The number of aromatic nitrogens is 1. The first-order chi connectivity index (χ1) is 8.08. The number of nitrogens with zero attached hydrogens (tertiary/aromatic N) is 1. The van der Waals surface area contributed by atoms with Gasteiger partial charge in [-0.25, -0.2) is 13.8 Å². The minimum Gasteiger partial charge on any atom is -0.372 e. The van der Waals surface area contributed by atoms with Crippen LogP contribution >= 0.6 is 11.3 Å². The minimum absolute atomic E-state index is 0.106. The largest absolute Gasteiger partial charge is 0.372 e. The van der Waals surface area contributed by atoms with Crippen molar-refractivity contribution in [1.29, 1.82) is 0 Å². The van der Waals surface area contributed by atoms with Gasteiger partial charge in [0.25, 0.3) is 0 Å². The van der Waals surface area contributed by atoms with Crippen molar-refractivity contribution in [2.24, 2.45) is 0 Å². The van der Waals surface area contributed by atoms with E-state index in [-0.39, 0.29) is 11.7 Å². The molecule has 1 unspecified atom stereocenters. The molecule has 1 aromatic heterocycles. The van der Waals surface area contributed by atoms with E-state index in [1.165, 1.54) is 29.5 Å². The summed E-state index contributed by atoms with van der Waals surface area (Å²) in [7, 11) is 0. The third-order valence-electron chi connectivity index (χ3n) is 2.40. The number of para-hydroxylation sites is 1. The molecule has 0 fully saturated rings. The number of halogens is 2. The van der Waals surface area contributed by atoms with Crippen LogP contribution in [0.25, 0.3) is 0 Å². The maximum atomic E-state index is 13.4. The highest BCUT2D eigenvalue weighted by Gasteiger charge is 2.14. The van der Waals surface area contributed by atoms with Crippen LogP contribution in [0.2, 0.25) is 0 Å². The predicted molar refractivity (Wildman–Crippen MR) is 65.2 cm³/mol. The molecule has 0 spiro atoms. The van der Waals surface area contributed by atoms with Gasteiger partial charge in [0, 0.05) is 5.38 Å². The van der Waals surface area contributed by atoms with Gasteiger partial charge in [0.15, 0.2) is 0 Å². The Bertz CT molecular complexity index is 505. The summed E-state index contributed by atoms with van der Waals surface area (Å²) in [5.41, 5.74) is 0.681. The molecule has 2 rings (SSSR count). The van der Waals surface area contributed by atoms with Crippen molar-refractivity contribution in [3.05, 3.63) is 45.9 Å². The molecule has 5 heteroatoms. The van der Waals surface area contributed by atoms with Crippen LogP contribution in [-0.4, -0.2) is 4.98 Å². The quantitative estimate of drug-likeness (QED) is 0.898. The van der Waals surface area contributed by atoms with Crippen molar-refractivity contribution >= 4 is 17.0 Å². The van der Waals surface area contributed by atoms with E-state index in [1.54, 1.807) is 0 Å². The summed E-state index contributed by atoms with van der Waals surface area (Å²) in [6.45, 7) is 3.71. The van der Waals surface area contributed by atoms with Crippen LogP contribution in [-0.2, 0) is 0 Å². The van der Waals surface area contributed by atoms with Crippen molar-refractivity contribution in [2.45, 2.75) is 19.9 Å². The lowest BCUT2D eigenvalue weighted by atomic mass is 10.2. The highest BCUT2D eigenvalue weighted by molar-refractivity contribution is 7.09. The summed E-state index contributed by atoms with van der Waals surface area (Å²) >= 11 is 1.51. The second-order valence-corrected chi connectivity index (χ2v) is 4.82. The van der Waals surface area contributed by atoms with Gasteiger partial charge in [0.05, 0.1) is 16.7 Å². The second-order valence-electron chi connectivity index (χ2n) is 3.75. The van der Waals surface area contributed by atoms with Crippen LogP contribution in [0.15, 0.2) is 23.6 Å². The van der Waals surface area contributed by atoms with Crippen molar-refractivity contribution in [1.82, 2.24) is 4.98 Å². The molecule has 0 aliphatic heterocycles. The molecule has 0 aliphatic carbocycles. The molecule has 17 heavy (non-hydrogen) atoms. The molecule has 1 N–H and O–H groups in total. The third-order valence-corrected chi connectivity index (χ3v) is 3.20. The fourth-order valence-electron chi connectivity index (χ4n) is 1.51. The molecule has 90 valence electrons. The number of aryl methyl sites for hydroxylation is 1. The number of anilines is 1. The van der Waals surface area contributed by atoms with Gasteiger partial charge >= 0.3 is 0 Å². The molecule has 1 heterocycles. The average Bonchev–Trinajstić information content (AvgIpc) is 2.70. The Labute approximate surface area is 102 Å². The highest BCUT2D eigenvalue weighted by Crippen LogP contribution is 2.24. The summed E-state index contributed by atoms with van der Waals surface area (Å²) in [5.74, 6) is -1.19. The van der Waals surface area contributed by atoms with Crippen molar-refractivity contribution < 1.29 is 8.78 Å². The van der Waals surface area contributed by atoms with E-state index in [9.17, 15) is 8.78 Å². The molecule has 0 amide bonds. The number of rotatable bonds is 3. The van der Waals surface area contributed by atoms with Crippen molar-refractivity contribution in [2.75, 3.05) is 5.32 Å². The van der Waals surface area contributed by atoms with E-state index in [0.717, 1.165) is 10.7 Å². The van der Waals surface area contributed by atoms with Gasteiger partial charge in [-0.3, -0.25) is 0 Å². The lowest BCUT2D eigenvalue weighted by Gasteiger charge is -2.14. The maximum absolute atomic E-state index is 13.4. The Hall–Kier alpha value is -1.49. The number of hydrogen-bond donors (Lipinski definition) is 1. The number of hydrogen-bond acceptors (Lipinski definition) is 3. The molecule has 2 nitrogen and oxygen atoms in total.